The molecule has 0 spiro atoms. The fourth-order valence-electron chi connectivity index (χ4n) is 2.78. The monoisotopic (exact) mass is 274 g/mol. The minimum atomic E-state index is -0.751. The molecule has 1 unspecified atom stereocenters. The smallest absolute Gasteiger partial charge is 0.308 e. The summed E-state index contributed by atoms with van der Waals surface area (Å²) >= 11 is 0. The molecule has 104 valence electrons. The highest BCUT2D eigenvalue weighted by Crippen LogP contribution is 2.29. The highest BCUT2D eigenvalue weighted by molar-refractivity contribution is 5.91. The first-order valence-corrected chi connectivity index (χ1v) is 6.67. The van der Waals surface area contributed by atoms with Gasteiger partial charge in [0.1, 0.15) is 5.82 Å². The number of benzene rings is 1. The Morgan fingerprint density at radius 1 is 1.40 bits per heavy atom. The summed E-state index contributed by atoms with van der Waals surface area (Å²) in [6, 6.07) is 6.38. The first kappa shape index (κ1) is 12.8. The van der Waals surface area contributed by atoms with Crippen LogP contribution in [0.15, 0.2) is 30.5 Å². The maximum Gasteiger partial charge on any atom is 0.308 e. The number of aliphatic carboxylic acids is 1. The van der Waals surface area contributed by atoms with Gasteiger partial charge in [-0.2, -0.15) is 0 Å². The van der Waals surface area contributed by atoms with Crippen LogP contribution in [0, 0.1) is 11.7 Å². The molecule has 0 amide bonds. The summed E-state index contributed by atoms with van der Waals surface area (Å²) < 4.78 is 13.2. The molecule has 4 nitrogen and oxygen atoms in total. The molecule has 5 heteroatoms. The van der Waals surface area contributed by atoms with Crippen LogP contribution >= 0.6 is 0 Å². The number of piperidine rings is 1. The minimum Gasteiger partial charge on any atom is -0.481 e. The highest BCUT2D eigenvalue weighted by Gasteiger charge is 2.26. The van der Waals surface area contributed by atoms with Gasteiger partial charge in [0.05, 0.1) is 11.4 Å². The molecule has 20 heavy (non-hydrogen) atoms. The van der Waals surface area contributed by atoms with Gasteiger partial charge in [-0.25, -0.2) is 4.39 Å². The number of carboxylic acids is 1. The zero-order valence-electron chi connectivity index (χ0n) is 10.9. The van der Waals surface area contributed by atoms with Crippen LogP contribution in [0.3, 0.4) is 0 Å². The predicted octanol–water partition coefficient (Wildman–Crippen LogP) is 2.67. The van der Waals surface area contributed by atoms with E-state index in [1.165, 1.54) is 12.1 Å². The number of hydrogen-bond acceptors (Lipinski definition) is 3. The maximum absolute atomic E-state index is 13.2. The lowest BCUT2D eigenvalue weighted by atomic mass is 9.97. The summed E-state index contributed by atoms with van der Waals surface area (Å²) in [7, 11) is 0. The van der Waals surface area contributed by atoms with Gasteiger partial charge in [0.25, 0.3) is 0 Å². The molecular formula is C15H15FN2O2. The molecular weight excluding hydrogens is 259 g/mol. The standard InChI is InChI=1S/C15H15FN2O2/c16-11-3-4-12-13(8-11)17-6-5-14(12)18-7-1-2-10(9-18)15(19)20/h3-6,8,10H,1-2,7,9H2,(H,19,20). The van der Waals surface area contributed by atoms with Gasteiger partial charge in [-0.3, -0.25) is 9.78 Å². The van der Waals surface area contributed by atoms with Crippen LogP contribution in [-0.4, -0.2) is 29.1 Å². The average molecular weight is 274 g/mol. The summed E-state index contributed by atoms with van der Waals surface area (Å²) in [5.41, 5.74) is 1.53. The number of aromatic nitrogens is 1. The van der Waals surface area contributed by atoms with Crippen molar-refractivity contribution >= 4 is 22.6 Å². The molecule has 0 aliphatic carbocycles. The lowest BCUT2D eigenvalue weighted by molar-refractivity contribution is -0.141. The third-order valence-corrected chi connectivity index (χ3v) is 3.79. The van der Waals surface area contributed by atoms with Crippen molar-refractivity contribution in [3.8, 4) is 0 Å². The summed E-state index contributed by atoms with van der Waals surface area (Å²) in [6.45, 7) is 1.31. The Labute approximate surface area is 115 Å². The molecule has 1 N–H and O–H groups in total. The lowest BCUT2D eigenvalue weighted by Crippen LogP contribution is -2.38. The molecule has 3 rings (SSSR count). The molecule has 0 radical (unpaired) electrons. The fourth-order valence-corrected chi connectivity index (χ4v) is 2.78. The summed E-state index contributed by atoms with van der Waals surface area (Å²) in [5, 5.41) is 10.0. The van der Waals surface area contributed by atoms with Crippen molar-refractivity contribution in [1.82, 2.24) is 4.98 Å². The zero-order valence-corrected chi connectivity index (χ0v) is 10.9. The third kappa shape index (κ3) is 2.31. The number of rotatable bonds is 2. The third-order valence-electron chi connectivity index (χ3n) is 3.79. The van der Waals surface area contributed by atoms with Gasteiger partial charge in [0.2, 0.25) is 0 Å². The highest BCUT2D eigenvalue weighted by atomic mass is 19.1. The van der Waals surface area contributed by atoms with Crippen molar-refractivity contribution in [1.29, 1.82) is 0 Å². The van der Waals surface area contributed by atoms with E-state index in [0.29, 0.717) is 18.5 Å². The van der Waals surface area contributed by atoms with E-state index in [0.717, 1.165) is 24.0 Å². The molecule has 2 aromatic rings. The van der Waals surface area contributed by atoms with E-state index in [4.69, 9.17) is 5.11 Å². The number of nitrogens with zero attached hydrogens (tertiary/aromatic N) is 2. The molecule has 1 fully saturated rings. The SMILES string of the molecule is O=C(O)C1CCCN(c2ccnc3cc(F)ccc23)C1. The topological polar surface area (TPSA) is 53.4 Å². The molecule has 1 aromatic carbocycles. The number of carboxylic acid groups (broad SMARTS) is 1. The molecule has 2 heterocycles. The molecule has 1 aliphatic heterocycles. The van der Waals surface area contributed by atoms with Crippen molar-refractivity contribution in [2.75, 3.05) is 18.0 Å². The molecule has 0 saturated carbocycles. The van der Waals surface area contributed by atoms with E-state index >= 15 is 0 Å². The second-order valence-corrected chi connectivity index (χ2v) is 5.11. The number of fused-ring (bicyclic) bond motifs is 1. The maximum atomic E-state index is 13.2. The molecule has 1 saturated heterocycles. The van der Waals surface area contributed by atoms with E-state index in [2.05, 4.69) is 9.88 Å². The minimum absolute atomic E-state index is 0.316. The molecule has 1 atom stereocenters. The Bertz CT molecular complexity index is 659. The van der Waals surface area contributed by atoms with Gasteiger partial charge in [-0.15, -0.1) is 0 Å². The van der Waals surface area contributed by atoms with Crippen molar-refractivity contribution < 1.29 is 14.3 Å². The summed E-state index contributed by atoms with van der Waals surface area (Å²) in [6.07, 6.45) is 3.20. The zero-order chi connectivity index (χ0) is 14.1. The van der Waals surface area contributed by atoms with Gasteiger partial charge < -0.3 is 10.0 Å². The van der Waals surface area contributed by atoms with Crippen LogP contribution in [0.4, 0.5) is 10.1 Å². The van der Waals surface area contributed by atoms with Crippen LogP contribution in [-0.2, 0) is 4.79 Å². The number of anilines is 1. The average Bonchev–Trinajstić information content (AvgIpc) is 2.46. The lowest BCUT2D eigenvalue weighted by Gasteiger charge is -2.33. The normalized spacial score (nSPS) is 19.2. The van der Waals surface area contributed by atoms with Crippen LogP contribution in [0.2, 0.25) is 0 Å². The Morgan fingerprint density at radius 2 is 2.25 bits per heavy atom. The van der Waals surface area contributed by atoms with Gasteiger partial charge in [-0.05, 0) is 31.0 Å². The van der Waals surface area contributed by atoms with E-state index in [9.17, 15) is 9.18 Å². The van der Waals surface area contributed by atoms with E-state index in [-0.39, 0.29) is 11.7 Å². The summed E-state index contributed by atoms with van der Waals surface area (Å²) in [4.78, 5) is 17.4. The Hall–Kier alpha value is -2.17. The van der Waals surface area contributed by atoms with Crippen molar-refractivity contribution in [3.05, 3.63) is 36.3 Å². The first-order valence-electron chi connectivity index (χ1n) is 6.67. The largest absolute Gasteiger partial charge is 0.481 e. The molecule has 1 aromatic heterocycles. The van der Waals surface area contributed by atoms with E-state index in [1.54, 1.807) is 12.3 Å². The van der Waals surface area contributed by atoms with Crippen LogP contribution in [0.5, 0.6) is 0 Å². The molecule has 0 bridgehead atoms. The van der Waals surface area contributed by atoms with Crippen molar-refractivity contribution in [2.45, 2.75) is 12.8 Å². The first-order chi connectivity index (χ1) is 9.65. The van der Waals surface area contributed by atoms with Gasteiger partial charge >= 0.3 is 5.97 Å². The Kier molecular flexibility index (Phi) is 3.26. The quantitative estimate of drug-likeness (QED) is 0.914. The van der Waals surface area contributed by atoms with Gasteiger partial charge in [0, 0.05) is 36.4 Å². The van der Waals surface area contributed by atoms with Crippen LogP contribution in [0.1, 0.15) is 12.8 Å². The Balaban J connectivity index is 1.99. The van der Waals surface area contributed by atoms with Gasteiger partial charge in [-0.1, -0.05) is 0 Å². The second kappa shape index (κ2) is 5.07. The van der Waals surface area contributed by atoms with Gasteiger partial charge in [0.15, 0.2) is 0 Å². The molecule has 1 aliphatic rings. The number of hydrogen-bond donors (Lipinski definition) is 1. The number of carbonyl (C=O) groups is 1. The fraction of sp³-hybridized carbons (Fsp3) is 0.333. The van der Waals surface area contributed by atoms with Crippen molar-refractivity contribution in [2.24, 2.45) is 5.92 Å². The Morgan fingerprint density at radius 3 is 3.05 bits per heavy atom. The predicted molar refractivity (Wildman–Crippen MR) is 74.3 cm³/mol. The number of halogens is 1. The van der Waals surface area contributed by atoms with E-state index in [1.807, 2.05) is 6.07 Å². The number of pyridine rings is 1. The second-order valence-electron chi connectivity index (χ2n) is 5.11. The summed E-state index contributed by atoms with van der Waals surface area (Å²) in [5.74, 6) is -1.41. The van der Waals surface area contributed by atoms with E-state index < -0.39 is 5.97 Å². The van der Waals surface area contributed by atoms with Crippen LogP contribution < -0.4 is 4.90 Å². The van der Waals surface area contributed by atoms with Crippen molar-refractivity contribution in [3.63, 3.8) is 0 Å². The van der Waals surface area contributed by atoms with Crippen LogP contribution in [0.25, 0.3) is 10.9 Å².